The molecule has 326 valence electrons. The van der Waals surface area contributed by atoms with Crippen molar-refractivity contribution in [3.05, 3.63) is 35.9 Å². The Balaban J connectivity index is 1.90. The van der Waals surface area contributed by atoms with Gasteiger partial charge in [-0.2, -0.15) is 0 Å². The Morgan fingerprint density at radius 1 is 0.966 bits per heavy atom. The van der Waals surface area contributed by atoms with Crippen LogP contribution in [0.3, 0.4) is 0 Å². The summed E-state index contributed by atoms with van der Waals surface area (Å²) in [7, 11) is 5.08. The van der Waals surface area contributed by atoms with Crippen LogP contribution in [-0.4, -0.2) is 138 Å². The van der Waals surface area contributed by atoms with Crippen molar-refractivity contribution >= 4 is 35.6 Å². The van der Waals surface area contributed by atoms with Crippen LogP contribution in [0.5, 0.6) is 5.75 Å². The number of aliphatic hydroxyl groups excluding tert-OH is 1. The third-order valence-electron chi connectivity index (χ3n) is 11.5. The van der Waals surface area contributed by atoms with E-state index in [1.807, 2.05) is 25.9 Å². The maximum atomic E-state index is 14.4. The molecule has 1 aromatic carbocycles. The van der Waals surface area contributed by atoms with Crippen LogP contribution in [0.4, 0.5) is 4.79 Å². The summed E-state index contributed by atoms with van der Waals surface area (Å²) in [6.07, 6.45) is -4.19. The van der Waals surface area contributed by atoms with Gasteiger partial charge in [0.1, 0.15) is 41.4 Å². The number of hydrogen-bond donors (Lipinski definition) is 5. The van der Waals surface area contributed by atoms with E-state index >= 15 is 0 Å². The number of Topliss-reactive ketones (excluding diaryl/α,β-unsaturated/α-hetero) is 2. The lowest BCUT2D eigenvalue weighted by molar-refractivity contribution is -0.295. The van der Waals surface area contributed by atoms with Crippen molar-refractivity contribution < 1.29 is 63.0 Å². The number of esters is 1. The summed E-state index contributed by atoms with van der Waals surface area (Å²) in [6, 6.07) is 5.92. The molecule has 0 aromatic heterocycles. The van der Waals surface area contributed by atoms with Crippen LogP contribution >= 0.6 is 0 Å². The molecule has 2 fully saturated rings. The number of methoxy groups -OCH3 is 1. The highest BCUT2D eigenvalue weighted by molar-refractivity contribution is 6.00. The molecule has 5 N–H and O–H groups in total. The van der Waals surface area contributed by atoms with E-state index in [9.17, 15) is 39.3 Å². The lowest BCUT2D eigenvalue weighted by Gasteiger charge is -2.47. The molecule has 0 spiro atoms. The smallest absolute Gasteiger partial charge is 0.407 e. The lowest BCUT2D eigenvalue weighted by atomic mass is 9.74. The molecule has 13 atom stereocenters. The third kappa shape index (κ3) is 12.1. The Hall–Kier alpha value is -3.93. The molecule has 2 saturated heterocycles. The molecule has 2 heterocycles. The van der Waals surface area contributed by atoms with Gasteiger partial charge in [0.2, 0.25) is 5.91 Å². The van der Waals surface area contributed by atoms with E-state index in [0.29, 0.717) is 12.0 Å². The van der Waals surface area contributed by atoms with E-state index in [1.165, 1.54) is 46.1 Å². The van der Waals surface area contributed by atoms with Gasteiger partial charge in [0.05, 0.1) is 23.7 Å². The van der Waals surface area contributed by atoms with Crippen molar-refractivity contribution in [3.63, 3.8) is 0 Å². The normalized spacial score (nSPS) is 35.6. The average Bonchev–Trinajstić information content (AvgIpc) is 3.18. The summed E-state index contributed by atoms with van der Waals surface area (Å²) in [4.78, 5) is 69.6. The number of nitrogens with one attached hydrogen (secondary N) is 2. The van der Waals surface area contributed by atoms with Gasteiger partial charge < -0.3 is 54.5 Å². The van der Waals surface area contributed by atoms with Crippen molar-refractivity contribution in [1.29, 1.82) is 0 Å². The van der Waals surface area contributed by atoms with Gasteiger partial charge in [0.15, 0.2) is 12.1 Å². The number of ether oxygens (including phenoxy) is 5. The summed E-state index contributed by atoms with van der Waals surface area (Å²) in [6.45, 7) is 12.6. The third-order valence-corrected chi connectivity index (χ3v) is 11.5. The monoisotopic (exact) mass is 819 g/mol. The zero-order valence-electron chi connectivity index (χ0n) is 35.7. The standard InChI is InChI=1S/C42H65N3O13/c1-12-31-42(8,53)37(58-40(52)44-20-19-43-32(47)18-15-28-13-16-29(46)17-14-28)25(4)33(48)23(2)22-41(7,54-11)36(26(5)34(49)27(6)38(51)56-31)57-39-35(50)30(45(9)10)21-24(3)55-39/h13-18,23-27,30-31,35-37,39,46,50,53H,12,19-22H2,1-11H3,(H,43,47)(H,44,52)/b18-15+/t23-,24-,25+,26+,27-,30+,31-,35-,36-,37-,39+,41-,42-/m1/s1. The second-order valence-electron chi connectivity index (χ2n) is 16.4. The van der Waals surface area contributed by atoms with Crippen molar-refractivity contribution in [2.45, 2.75) is 129 Å². The molecule has 0 saturated carbocycles. The van der Waals surface area contributed by atoms with Crippen LogP contribution < -0.4 is 10.6 Å². The zero-order valence-corrected chi connectivity index (χ0v) is 35.7. The number of carbonyl (C=O) groups excluding carboxylic acids is 5. The molecule has 16 heteroatoms. The summed E-state index contributed by atoms with van der Waals surface area (Å²) < 4.78 is 30.2. The Kier molecular flexibility index (Phi) is 17.4. The fourth-order valence-electron chi connectivity index (χ4n) is 7.96. The van der Waals surface area contributed by atoms with Gasteiger partial charge in [-0.25, -0.2) is 4.79 Å². The second-order valence-corrected chi connectivity index (χ2v) is 16.4. The molecule has 1 aromatic rings. The molecular weight excluding hydrogens is 754 g/mol. The maximum Gasteiger partial charge on any atom is 0.407 e. The number of amides is 2. The molecule has 2 amide bonds. The number of carbonyl (C=O) groups is 5. The highest BCUT2D eigenvalue weighted by Gasteiger charge is 2.53. The number of hydrogen-bond acceptors (Lipinski definition) is 14. The summed E-state index contributed by atoms with van der Waals surface area (Å²) in [5, 5.41) is 38.0. The van der Waals surface area contributed by atoms with E-state index in [2.05, 4.69) is 10.6 Å². The molecule has 2 aliphatic heterocycles. The number of aromatic hydroxyl groups is 1. The first-order chi connectivity index (χ1) is 27.1. The fraction of sp³-hybridized carbons (Fsp3) is 0.690. The molecule has 0 radical (unpaired) electrons. The van der Waals surface area contributed by atoms with Gasteiger partial charge in [-0.15, -0.1) is 0 Å². The van der Waals surface area contributed by atoms with E-state index in [-0.39, 0.29) is 43.8 Å². The van der Waals surface area contributed by atoms with Gasteiger partial charge in [0.25, 0.3) is 0 Å². The highest BCUT2D eigenvalue weighted by Crippen LogP contribution is 2.39. The first kappa shape index (κ1) is 48.4. The molecule has 58 heavy (non-hydrogen) atoms. The van der Waals surface area contributed by atoms with Crippen LogP contribution in [0.15, 0.2) is 30.3 Å². The lowest BCUT2D eigenvalue weighted by Crippen LogP contribution is -2.60. The number of alkyl carbamates (subject to hydrolysis) is 1. The molecule has 0 aliphatic carbocycles. The fourth-order valence-corrected chi connectivity index (χ4v) is 7.96. The maximum absolute atomic E-state index is 14.4. The Morgan fingerprint density at radius 3 is 2.16 bits per heavy atom. The van der Waals surface area contributed by atoms with Crippen LogP contribution in [0.1, 0.15) is 80.2 Å². The highest BCUT2D eigenvalue weighted by atomic mass is 16.7. The molecule has 3 rings (SSSR count). The molecular formula is C42H65N3O13. The summed E-state index contributed by atoms with van der Waals surface area (Å²) in [5.41, 5.74) is -2.80. The number of rotatable bonds is 11. The SMILES string of the molecule is CC[C@H]1OC(=O)[C@H](C)C(=O)[C@H](C)[C@@H](O[C@@H]2O[C@H](C)C[C@H](N(C)C)[C@H]2O)[C@](C)(OC)C[C@@H](C)C(=O)[C@H](C)[C@@H](OC(=O)NCCNC(=O)/C=C/c2ccc(O)cc2)[C@]1(C)O. The Bertz CT molecular complexity index is 1600. The number of benzene rings is 1. The summed E-state index contributed by atoms with van der Waals surface area (Å²) >= 11 is 0. The number of phenolic OH excluding ortho intramolecular Hbond substituents is 1. The quantitative estimate of drug-likeness (QED) is 0.0939. The van der Waals surface area contributed by atoms with Gasteiger partial charge >= 0.3 is 12.1 Å². The number of ketones is 2. The minimum atomic E-state index is -2.12. The van der Waals surface area contributed by atoms with E-state index < -0.39 is 95.1 Å². The Morgan fingerprint density at radius 2 is 1.57 bits per heavy atom. The van der Waals surface area contributed by atoms with Crippen LogP contribution in [0.25, 0.3) is 6.08 Å². The van der Waals surface area contributed by atoms with Gasteiger partial charge in [-0.1, -0.05) is 39.8 Å². The Labute approximate surface area is 341 Å². The minimum Gasteiger partial charge on any atom is -0.508 e. The average molecular weight is 820 g/mol. The molecule has 0 unspecified atom stereocenters. The first-order valence-corrected chi connectivity index (χ1v) is 20.0. The molecule has 0 bridgehead atoms. The first-order valence-electron chi connectivity index (χ1n) is 20.0. The molecule has 2 aliphatic rings. The predicted molar refractivity (Wildman–Crippen MR) is 213 cm³/mol. The number of likely N-dealkylation sites (N-methyl/N-ethyl adjacent to an activating group) is 1. The predicted octanol–water partition coefficient (Wildman–Crippen LogP) is 2.99. The van der Waals surface area contributed by atoms with Crippen molar-refractivity contribution in [2.24, 2.45) is 23.7 Å². The van der Waals surface area contributed by atoms with E-state index in [1.54, 1.807) is 45.9 Å². The van der Waals surface area contributed by atoms with Gasteiger partial charge in [-0.05, 0) is 84.8 Å². The second kappa shape index (κ2) is 20.9. The number of cyclic esters (lactones) is 1. The number of aliphatic hydroxyl groups is 2. The topological polar surface area (TPSA) is 219 Å². The van der Waals surface area contributed by atoms with Crippen LogP contribution in [0.2, 0.25) is 0 Å². The van der Waals surface area contributed by atoms with Gasteiger partial charge in [0, 0.05) is 44.2 Å². The zero-order chi connectivity index (χ0) is 43.7. The minimum absolute atomic E-state index is 0.0104. The van der Waals surface area contributed by atoms with Crippen molar-refractivity contribution in [2.75, 3.05) is 34.3 Å². The van der Waals surface area contributed by atoms with Crippen LogP contribution in [-0.2, 0) is 42.9 Å². The van der Waals surface area contributed by atoms with E-state index in [4.69, 9.17) is 23.7 Å². The van der Waals surface area contributed by atoms with E-state index in [0.717, 1.165) is 0 Å². The molecule has 16 nitrogen and oxygen atoms in total. The summed E-state index contributed by atoms with van der Waals surface area (Å²) in [5.74, 6) is -6.62. The largest absolute Gasteiger partial charge is 0.508 e. The number of nitrogens with zero attached hydrogens (tertiary/aromatic N) is 1. The van der Waals surface area contributed by atoms with Crippen molar-refractivity contribution in [3.8, 4) is 5.75 Å². The van der Waals surface area contributed by atoms with Crippen molar-refractivity contribution in [1.82, 2.24) is 15.5 Å². The number of phenols is 1. The van der Waals surface area contributed by atoms with Gasteiger partial charge in [-0.3, -0.25) is 19.2 Å². The van der Waals surface area contributed by atoms with Crippen LogP contribution in [0, 0.1) is 23.7 Å².